The van der Waals surface area contributed by atoms with E-state index in [1.807, 2.05) is 13.8 Å². The number of methoxy groups -OCH3 is 3. The molecule has 17 heteroatoms. The molecule has 4 N–H and O–H groups in total. The van der Waals surface area contributed by atoms with Crippen molar-refractivity contribution >= 4 is 11.9 Å². The van der Waals surface area contributed by atoms with Crippen LogP contribution in [-0.4, -0.2) is 163 Å². The zero-order valence-electron chi connectivity index (χ0n) is 44.0. The molecule has 3 saturated heterocycles. The highest BCUT2D eigenvalue weighted by molar-refractivity contribution is 5.90. The summed E-state index contributed by atoms with van der Waals surface area (Å²) in [5.41, 5.74) is -7.04. The zero-order valence-corrected chi connectivity index (χ0v) is 44.0. The van der Waals surface area contributed by atoms with Gasteiger partial charge in [0, 0.05) is 40.6 Å². The van der Waals surface area contributed by atoms with Crippen LogP contribution in [0.4, 0.5) is 0 Å². The Hall–Kier alpha value is -3.14. The molecule has 17 nitrogen and oxygen atoms in total. The average molecular weight is 1030 g/mol. The predicted octanol–water partition coefficient (Wildman–Crippen LogP) is 6.04. The van der Waals surface area contributed by atoms with Gasteiger partial charge < -0.3 is 72.5 Å². The molecule has 7 aliphatic rings. The third kappa shape index (κ3) is 9.62. The van der Waals surface area contributed by atoms with E-state index in [0.29, 0.717) is 56.1 Å². The van der Waals surface area contributed by atoms with Crippen LogP contribution in [0, 0.1) is 22.7 Å². The smallest absolute Gasteiger partial charge is 0.338 e. The first-order valence-corrected chi connectivity index (χ1v) is 26.6. The standard InChI is InChI=1S/C56H80O17/c1-31-47(57)39(63-7)27-45(66-31)72-49-33(3)68-46(29-41(49)65-9)73-48-32(2)67-44(28-40(48)64-8)70-38-21-22-52(5)37(26-38)20-23-55(61)42(52)30-43(71-51(59)36-18-14-11-15-19-36)53(6)54(60,24-25-56(53,55)62)34(4)69-50(58)35-16-12-10-13-17-35/h10-19,31-34,37-49,57,60-62H,20-30H2,1-9H3. The van der Waals surface area contributed by atoms with Gasteiger partial charge in [0.1, 0.15) is 41.7 Å². The Morgan fingerprint density at radius 1 is 0.630 bits per heavy atom. The molecule has 7 fully saturated rings. The second-order valence-electron chi connectivity index (χ2n) is 22.7. The quantitative estimate of drug-likeness (QED) is 0.125. The number of carbonyl (C=O) groups is 2. The molecule has 4 aliphatic carbocycles. The maximum Gasteiger partial charge on any atom is 0.338 e. The average Bonchev–Trinajstić information content (AvgIpc) is 3.61. The zero-order chi connectivity index (χ0) is 52.3. The molecule has 2 aromatic rings. The van der Waals surface area contributed by atoms with Gasteiger partial charge in [0.2, 0.25) is 0 Å². The van der Waals surface area contributed by atoms with E-state index in [4.69, 9.17) is 52.1 Å². The molecule has 3 heterocycles. The van der Waals surface area contributed by atoms with Gasteiger partial charge in [-0.15, -0.1) is 0 Å². The normalized spacial score (nSPS) is 46.0. The van der Waals surface area contributed by atoms with E-state index in [9.17, 15) is 30.0 Å². The predicted molar refractivity (Wildman–Crippen MR) is 262 cm³/mol. The molecule has 0 bridgehead atoms. The summed E-state index contributed by atoms with van der Waals surface area (Å²) in [5, 5.41) is 50.2. The molecule has 2 aromatic carbocycles. The lowest BCUT2D eigenvalue weighted by Crippen LogP contribution is -2.79. The number of rotatable bonds is 14. The molecule has 0 radical (unpaired) electrons. The number of aliphatic hydroxyl groups excluding tert-OH is 1. The fraction of sp³-hybridized carbons (Fsp3) is 0.750. The fourth-order valence-corrected chi connectivity index (χ4v) is 14.8. The third-order valence-corrected chi connectivity index (χ3v) is 19.2. The minimum Gasteiger partial charge on any atom is -0.458 e. The summed E-state index contributed by atoms with van der Waals surface area (Å²) in [7, 11) is 4.86. The molecule has 406 valence electrons. The van der Waals surface area contributed by atoms with Crippen LogP contribution >= 0.6 is 0 Å². The lowest BCUT2D eigenvalue weighted by atomic mass is 9.40. The van der Waals surface area contributed by atoms with E-state index >= 15 is 0 Å². The Labute approximate surface area is 429 Å². The van der Waals surface area contributed by atoms with Crippen LogP contribution in [0.25, 0.3) is 0 Å². The van der Waals surface area contributed by atoms with Gasteiger partial charge in [-0.25, -0.2) is 9.59 Å². The number of hydrogen-bond acceptors (Lipinski definition) is 17. The van der Waals surface area contributed by atoms with Gasteiger partial charge >= 0.3 is 11.9 Å². The van der Waals surface area contributed by atoms with Crippen molar-refractivity contribution in [2.24, 2.45) is 22.7 Å². The monoisotopic (exact) mass is 1020 g/mol. The van der Waals surface area contributed by atoms with Crippen LogP contribution in [-0.2, 0) is 52.1 Å². The molecule has 0 spiro atoms. The van der Waals surface area contributed by atoms with Gasteiger partial charge in [-0.1, -0.05) is 50.2 Å². The number of esters is 2. The molecule has 22 unspecified atom stereocenters. The minimum absolute atomic E-state index is 0.000182. The van der Waals surface area contributed by atoms with E-state index in [2.05, 4.69) is 6.92 Å². The summed E-state index contributed by atoms with van der Waals surface area (Å²) in [6.07, 6.45) is -4.22. The van der Waals surface area contributed by atoms with Gasteiger partial charge in [-0.05, 0) is 121 Å². The molecule has 9 rings (SSSR count). The third-order valence-electron chi connectivity index (χ3n) is 19.2. The minimum atomic E-state index is -1.93. The maximum absolute atomic E-state index is 14.1. The van der Waals surface area contributed by atoms with Crippen LogP contribution in [0.5, 0.6) is 0 Å². The molecular formula is C56H80O17. The van der Waals surface area contributed by atoms with Gasteiger partial charge in [0.15, 0.2) is 18.9 Å². The largest absolute Gasteiger partial charge is 0.458 e. The number of benzene rings is 2. The van der Waals surface area contributed by atoms with Crippen molar-refractivity contribution in [3.8, 4) is 0 Å². The lowest BCUT2D eigenvalue weighted by Gasteiger charge is -2.69. The summed E-state index contributed by atoms with van der Waals surface area (Å²) in [6.45, 7) is 11.1. The van der Waals surface area contributed by atoms with Crippen molar-refractivity contribution in [2.75, 3.05) is 21.3 Å². The first kappa shape index (κ1) is 54.6. The molecule has 4 saturated carbocycles. The van der Waals surface area contributed by atoms with Crippen LogP contribution < -0.4 is 0 Å². The van der Waals surface area contributed by atoms with Crippen LogP contribution in [0.15, 0.2) is 60.7 Å². The summed E-state index contributed by atoms with van der Waals surface area (Å²) < 4.78 is 68.8. The van der Waals surface area contributed by atoms with E-state index < -0.39 is 119 Å². The van der Waals surface area contributed by atoms with E-state index in [-0.39, 0.29) is 49.9 Å². The fourth-order valence-electron chi connectivity index (χ4n) is 14.8. The molecule has 22 atom stereocenters. The highest BCUT2D eigenvalue weighted by atomic mass is 16.7. The van der Waals surface area contributed by atoms with Crippen molar-refractivity contribution in [1.29, 1.82) is 0 Å². The van der Waals surface area contributed by atoms with Gasteiger partial charge in [0.05, 0.1) is 64.9 Å². The molecule has 0 aromatic heterocycles. The summed E-state index contributed by atoms with van der Waals surface area (Å²) >= 11 is 0. The van der Waals surface area contributed by atoms with Crippen molar-refractivity contribution in [2.45, 2.75) is 221 Å². The van der Waals surface area contributed by atoms with Crippen LogP contribution in [0.2, 0.25) is 0 Å². The van der Waals surface area contributed by atoms with Crippen molar-refractivity contribution in [1.82, 2.24) is 0 Å². The molecule has 0 amide bonds. The van der Waals surface area contributed by atoms with E-state index in [1.54, 1.807) is 103 Å². The Balaban J connectivity index is 0.866. The summed E-state index contributed by atoms with van der Waals surface area (Å²) in [5.74, 6) is -1.69. The van der Waals surface area contributed by atoms with Gasteiger partial charge in [0.25, 0.3) is 0 Å². The lowest BCUT2D eigenvalue weighted by molar-refractivity contribution is -0.345. The molecular weight excluding hydrogens is 945 g/mol. The summed E-state index contributed by atoms with van der Waals surface area (Å²) in [4.78, 5) is 27.5. The highest BCUT2D eigenvalue weighted by Gasteiger charge is 2.82. The van der Waals surface area contributed by atoms with Crippen molar-refractivity contribution in [3.05, 3.63) is 71.8 Å². The second-order valence-corrected chi connectivity index (χ2v) is 22.7. The number of hydrogen-bond donors (Lipinski definition) is 4. The number of fused-ring (bicyclic) bond motifs is 5. The van der Waals surface area contributed by atoms with Gasteiger partial charge in [-0.2, -0.15) is 0 Å². The topological polar surface area (TPSA) is 217 Å². The number of carbonyl (C=O) groups excluding carboxylic acids is 2. The second kappa shape index (κ2) is 21.4. The van der Waals surface area contributed by atoms with Crippen molar-refractivity contribution < 1.29 is 82.1 Å². The van der Waals surface area contributed by atoms with E-state index in [1.165, 1.54) is 0 Å². The van der Waals surface area contributed by atoms with Crippen LogP contribution in [0.3, 0.4) is 0 Å². The Morgan fingerprint density at radius 3 is 1.71 bits per heavy atom. The number of aliphatic hydroxyl groups is 4. The van der Waals surface area contributed by atoms with Gasteiger partial charge in [-0.3, -0.25) is 0 Å². The highest BCUT2D eigenvalue weighted by Crippen LogP contribution is 2.72. The first-order valence-electron chi connectivity index (χ1n) is 26.6. The maximum atomic E-state index is 14.1. The summed E-state index contributed by atoms with van der Waals surface area (Å²) in [6, 6.07) is 17.1. The Morgan fingerprint density at radius 2 is 1.15 bits per heavy atom. The van der Waals surface area contributed by atoms with Crippen LogP contribution in [0.1, 0.15) is 133 Å². The SMILES string of the molecule is COC1CC(OC2C(C)OC(OC3C(C)OC(OC4CCC5(C)C(CCC6(O)C5CC(OC(=O)c5ccccc5)C5(C)C(O)(C(C)OC(=O)c7ccccc7)CCC65O)C4)CC3OC)CC2OC)OC(C)C1O. The number of ether oxygens (including phenoxy) is 11. The van der Waals surface area contributed by atoms with Crippen molar-refractivity contribution in [3.63, 3.8) is 0 Å². The van der Waals surface area contributed by atoms with E-state index in [0.717, 1.165) is 0 Å². The molecule has 3 aliphatic heterocycles. The Kier molecular flexibility index (Phi) is 16.0. The Bertz CT molecular complexity index is 2200. The first-order chi connectivity index (χ1) is 34.7. The molecule has 73 heavy (non-hydrogen) atoms.